The number of benzene rings is 2. The number of nitrogens with one attached hydrogen (secondary N) is 1. The molecule has 0 bridgehead atoms. The van der Waals surface area contributed by atoms with Crippen LogP contribution in [-0.4, -0.2) is 21.7 Å². The first-order valence-corrected chi connectivity index (χ1v) is 9.48. The van der Waals surface area contributed by atoms with Gasteiger partial charge in [0.25, 0.3) is 0 Å². The second kappa shape index (κ2) is 9.68. The Morgan fingerprint density at radius 1 is 1.00 bits per heavy atom. The van der Waals surface area contributed by atoms with Gasteiger partial charge in [0.2, 0.25) is 5.91 Å². The molecule has 3 aromatic rings. The standard InChI is InChI=1S/C23H22FN3O2/c1-16-6-7-18(21-15-25-12-13-26-21)14-20(16)27-23(29)5-3-2-4-22(28)17-8-10-19(24)11-9-17/h6-15H,2-5H2,1H3,(H,27,29). The highest BCUT2D eigenvalue weighted by molar-refractivity contribution is 5.96. The lowest BCUT2D eigenvalue weighted by molar-refractivity contribution is -0.116. The van der Waals surface area contributed by atoms with Gasteiger partial charge in [-0.25, -0.2) is 4.39 Å². The predicted octanol–water partition coefficient (Wildman–Crippen LogP) is 4.97. The minimum Gasteiger partial charge on any atom is -0.326 e. The maximum Gasteiger partial charge on any atom is 0.224 e. The molecule has 0 spiro atoms. The summed E-state index contributed by atoms with van der Waals surface area (Å²) >= 11 is 0. The third-order valence-electron chi connectivity index (χ3n) is 4.59. The van der Waals surface area contributed by atoms with E-state index in [0.29, 0.717) is 31.2 Å². The molecular formula is C23H22FN3O2. The fourth-order valence-electron chi connectivity index (χ4n) is 2.93. The van der Waals surface area contributed by atoms with Crippen LogP contribution in [0.5, 0.6) is 0 Å². The maximum atomic E-state index is 12.9. The number of aryl methyl sites for hydroxylation is 1. The van der Waals surface area contributed by atoms with Crippen molar-refractivity contribution in [1.82, 2.24) is 9.97 Å². The topological polar surface area (TPSA) is 72.0 Å². The molecule has 0 saturated heterocycles. The molecule has 0 saturated carbocycles. The van der Waals surface area contributed by atoms with E-state index < -0.39 is 0 Å². The number of carbonyl (C=O) groups is 2. The van der Waals surface area contributed by atoms with Gasteiger partial charge in [-0.15, -0.1) is 0 Å². The van der Waals surface area contributed by atoms with Gasteiger partial charge in [-0.1, -0.05) is 12.1 Å². The third kappa shape index (κ3) is 5.78. The number of unbranched alkanes of at least 4 members (excludes halogenated alkanes) is 1. The Labute approximate surface area is 169 Å². The van der Waals surface area contributed by atoms with Crippen molar-refractivity contribution in [3.05, 3.63) is 78.0 Å². The summed E-state index contributed by atoms with van der Waals surface area (Å²) < 4.78 is 12.9. The van der Waals surface area contributed by atoms with Gasteiger partial charge in [-0.3, -0.25) is 19.6 Å². The van der Waals surface area contributed by atoms with E-state index >= 15 is 0 Å². The summed E-state index contributed by atoms with van der Waals surface area (Å²) in [5, 5.41) is 2.93. The van der Waals surface area contributed by atoms with Crippen LogP contribution in [0.15, 0.2) is 61.1 Å². The van der Waals surface area contributed by atoms with E-state index in [0.717, 1.165) is 22.5 Å². The lowest BCUT2D eigenvalue weighted by Gasteiger charge is -2.10. The Kier molecular flexibility index (Phi) is 6.79. The molecule has 0 fully saturated rings. The minimum atomic E-state index is -0.364. The van der Waals surface area contributed by atoms with Crippen molar-refractivity contribution < 1.29 is 14.0 Å². The molecule has 1 N–H and O–H groups in total. The number of carbonyl (C=O) groups excluding carboxylic acids is 2. The smallest absolute Gasteiger partial charge is 0.224 e. The Morgan fingerprint density at radius 3 is 2.48 bits per heavy atom. The quantitative estimate of drug-likeness (QED) is 0.434. The number of Topliss-reactive ketones (excluding diaryl/α,β-unsaturated/α-hetero) is 1. The van der Waals surface area contributed by atoms with Crippen molar-refractivity contribution in [1.29, 1.82) is 0 Å². The number of halogens is 1. The first kappa shape index (κ1) is 20.3. The first-order chi connectivity index (χ1) is 14.0. The zero-order chi connectivity index (χ0) is 20.6. The molecule has 29 heavy (non-hydrogen) atoms. The third-order valence-corrected chi connectivity index (χ3v) is 4.59. The average Bonchev–Trinajstić information content (AvgIpc) is 2.74. The molecule has 0 aliphatic carbocycles. The lowest BCUT2D eigenvalue weighted by Crippen LogP contribution is -2.12. The van der Waals surface area contributed by atoms with E-state index in [1.165, 1.54) is 24.3 Å². The van der Waals surface area contributed by atoms with Gasteiger partial charge in [-0.2, -0.15) is 0 Å². The number of ketones is 1. The van der Waals surface area contributed by atoms with Crippen molar-refractivity contribution in [2.24, 2.45) is 0 Å². The number of nitrogens with zero attached hydrogens (tertiary/aromatic N) is 2. The van der Waals surface area contributed by atoms with Crippen LogP contribution in [0.1, 0.15) is 41.6 Å². The molecule has 0 aliphatic rings. The van der Waals surface area contributed by atoms with Gasteiger partial charge in [-0.05, 0) is 55.7 Å². The predicted molar refractivity (Wildman–Crippen MR) is 110 cm³/mol. The van der Waals surface area contributed by atoms with Gasteiger partial charge in [0.1, 0.15) is 5.82 Å². The number of aromatic nitrogens is 2. The number of amides is 1. The van der Waals surface area contributed by atoms with E-state index in [2.05, 4.69) is 15.3 Å². The van der Waals surface area contributed by atoms with E-state index in [1.807, 2.05) is 25.1 Å². The van der Waals surface area contributed by atoms with E-state index in [9.17, 15) is 14.0 Å². The van der Waals surface area contributed by atoms with Crippen molar-refractivity contribution in [2.45, 2.75) is 32.6 Å². The number of anilines is 1. The zero-order valence-electron chi connectivity index (χ0n) is 16.2. The molecular weight excluding hydrogens is 369 g/mol. The van der Waals surface area contributed by atoms with E-state index in [-0.39, 0.29) is 17.5 Å². The Morgan fingerprint density at radius 2 is 1.76 bits per heavy atom. The molecule has 6 heteroatoms. The molecule has 1 aromatic heterocycles. The van der Waals surface area contributed by atoms with E-state index in [1.54, 1.807) is 18.6 Å². The highest BCUT2D eigenvalue weighted by Gasteiger charge is 2.09. The van der Waals surface area contributed by atoms with Gasteiger partial charge in [0.15, 0.2) is 5.78 Å². The number of hydrogen-bond donors (Lipinski definition) is 1. The SMILES string of the molecule is Cc1ccc(-c2cnccn2)cc1NC(=O)CCCCC(=O)c1ccc(F)cc1. The Balaban J connectivity index is 1.49. The molecule has 1 heterocycles. The van der Waals surface area contributed by atoms with Crippen LogP contribution in [0.25, 0.3) is 11.3 Å². The monoisotopic (exact) mass is 391 g/mol. The maximum absolute atomic E-state index is 12.9. The van der Waals surface area contributed by atoms with Crippen LogP contribution < -0.4 is 5.32 Å². The summed E-state index contributed by atoms with van der Waals surface area (Å²) in [6, 6.07) is 11.3. The van der Waals surface area contributed by atoms with Crippen molar-refractivity contribution in [2.75, 3.05) is 5.32 Å². The van der Waals surface area contributed by atoms with Crippen LogP contribution in [0.3, 0.4) is 0 Å². The van der Waals surface area contributed by atoms with Gasteiger partial charge in [0.05, 0.1) is 11.9 Å². The molecule has 5 nitrogen and oxygen atoms in total. The summed E-state index contributed by atoms with van der Waals surface area (Å²) in [5.41, 5.74) is 3.80. The summed E-state index contributed by atoms with van der Waals surface area (Å²) in [4.78, 5) is 32.7. The number of rotatable bonds is 8. The molecule has 0 radical (unpaired) electrons. The van der Waals surface area contributed by atoms with Gasteiger partial charge in [0, 0.05) is 42.0 Å². The van der Waals surface area contributed by atoms with Crippen LogP contribution in [0.2, 0.25) is 0 Å². The molecule has 0 unspecified atom stereocenters. The van der Waals surface area contributed by atoms with Gasteiger partial charge >= 0.3 is 0 Å². The van der Waals surface area contributed by atoms with Crippen LogP contribution in [0.4, 0.5) is 10.1 Å². The fourth-order valence-corrected chi connectivity index (χ4v) is 2.93. The van der Waals surface area contributed by atoms with Crippen LogP contribution >= 0.6 is 0 Å². The highest BCUT2D eigenvalue weighted by Crippen LogP contribution is 2.24. The molecule has 3 rings (SSSR count). The lowest BCUT2D eigenvalue weighted by atomic mass is 10.0. The van der Waals surface area contributed by atoms with Crippen molar-refractivity contribution in [3.63, 3.8) is 0 Å². The molecule has 0 aliphatic heterocycles. The second-order valence-electron chi connectivity index (χ2n) is 6.81. The molecule has 1 amide bonds. The Hall–Kier alpha value is -3.41. The van der Waals surface area contributed by atoms with Crippen molar-refractivity contribution in [3.8, 4) is 11.3 Å². The molecule has 2 aromatic carbocycles. The van der Waals surface area contributed by atoms with Gasteiger partial charge < -0.3 is 5.32 Å². The Bertz CT molecular complexity index is 989. The van der Waals surface area contributed by atoms with Crippen molar-refractivity contribution >= 4 is 17.4 Å². The van der Waals surface area contributed by atoms with E-state index in [4.69, 9.17) is 0 Å². The molecule has 148 valence electrons. The number of hydrogen-bond acceptors (Lipinski definition) is 4. The summed E-state index contributed by atoms with van der Waals surface area (Å²) in [5.74, 6) is -0.506. The molecule has 0 atom stereocenters. The van der Waals surface area contributed by atoms with Crippen LogP contribution in [-0.2, 0) is 4.79 Å². The summed E-state index contributed by atoms with van der Waals surface area (Å²) in [6.45, 7) is 1.93. The zero-order valence-corrected chi connectivity index (χ0v) is 16.2. The average molecular weight is 391 g/mol. The second-order valence-corrected chi connectivity index (χ2v) is 6.81. The largest absolute Gasteiger partial charge is 0.326 e. The minimum absolute atomic E-state index is 0.0436. The first-order valence-electron chi connectivity index (χ1n) is 9.48. The normalized spacial score (nSPS) is 10.6. The summed E-state index contributed by atoms with van der Waals surface area (Å²) in [7, 11) is 0. The fraction of sp³-hybridized carbons (Fsp3) is 0.217. The summed E-state index contributed by atoms with van der Waals surface area (Å²) in [6.07, 6.45) is 6.77. The van der Waals surface area contributed by atoms with Crippen LogP contribution in [0, 0.1) is 12.7 Å². The highest BCUT2D eigenvalue weighted by atomic mass is 19.1.